The minimum atomic E-state index is -4.04. The molecule has 1 fully saturated rings. The first kappa shape index (κ1) is 29.5. The highest BCUT2D eigenvalue weighted by Gasteiger charge is 2.35. The third-order valence-corrected chi connectivity index (χ3v) is 10.6. The molecule has 2 aromatic carbocycles. The Kier molecular flexibility index (Phi) is 8.68. The molecule has 220 valence electrons. The number of sulfonamides is 1. The lowest BCUT2D eigenvalue weighted by Gasteiger charge is -2.35. The second-order valence-electron chi connectivity index (χ2n) is 11.8. The summed E-state index contributed by atoms with van der Waals surface area (Å²) >= 11 is 1.47. The van der Waals surface area contributed by atoms with Crippen LogP contribution in [0, 0.1) is 11.3 Å². The van der Waals surface area contributed by atoms with Crippen LogP contribution in [0.15, 0.2) is 47.4 Å². The van der Waals surface area contributed by atoms with Gasteiger partial charge in [-0.05, 0) is 60.8 Å². The number of ether oxygens (including phenoxy) is 1. The number of hydrogen-bond acceptors (Lipinski definition) is 8. The number of hydrogen-bond donors (Lipinski definition) is 2. The Morgan fingerprint density at radius 1 is 1.17 bits per heavy atom. The summed E-state index contributed by atoms with van der Waals surface area (Å²) in [6.07, 6.45) is 3.53. The van der Waals surface area contributed by atoms with Crippen LogP contribution in [0.2, 0.25) is 0 Å². The maximum atomic E-state index is 13.9. The van der Waals surface area contributed by atoms with Crippen LogP contribution in [0.4, 0.5) is 5.69 Å². The molecule has 2 aliphatic heterocycles. The third kappa shape index (κ3) is 6.90. The van der Waals surface area contributed by atoms with Gasteiger partial charge in [-0.25, -0.2) is 13.4 Å². The van der Waals surface area contributed by atoms with Gasteiger partial charge in [-0.15, -0.1) is 11.3 Å². The number of carbonyl (C=O) groups is 2. The molecule has 0 unspecified atom stereocenters. The number of benzene rings is 2. The first-order valence-electron chi connectivity index (χ1n) is 14.1. The van der Waals surface area contributed by atoms with E-state index in [1.807, 2.05) is 30.3 Å². The third-order valence-electron chi connectivity index (χ3n) is 8.04. The number of methoxy groups -OCH3 is 1. The van der Waals surface area contributed by atoms with E-state index in [-0.39, 0.29) is 28.6 Å². The molecular formula is C30H38N4O5S2. The fraction of sp³-hybridized carbons (Fsp3) is 0.500. The monoisotopic (exact) mass is 598 g/mol. The Hall–Kier alpha value is -3.02. The summed E-state index contributed by atoms with van der Waals surface area (Å²) < 4.78 is 36.3. The molecule has 0 spiro atoms. The van der Waals surface area contributed by atoms with Crippen LogP contribution in [-0.4, -0.2) is 63.0 Å². The molecule has 3 aromatic rings. The van der Waals surface area contributed by atoms with E-state index in [9.17, 15) is 18.0 Å². The van der Waals surface area contributed by atoms with Gasteiger partial charge < -0.3 is 15.0 Å². The topological polar surface area (TPSA) is 118 Å². The Balaban J connectivity index is 1.37. The Labute approximate surface area is 245 Å². The first-order chi connectivity index (χ1) is 19.5. The summed E-state index contributed by atoms with van der Waals surface area (Å²) in [4.78, 5) is 32.1. The van der Waals surface area contributed by atoms with Gasteiger partial charge in [0.15, 0.2) is 0 Å². The second-order valence-corrected chi connectivity index (χ2v) is 14.6. The molecule has 41 heavy (non-hydrogen) atoms. The molecule has 1 atom stereocenters. The number of carbonyl (C=O) groups excluding carboxylic acids is 2. The van der Waals surface area contributed by atoms with Crippen LogP contribution in [-0.2, 0) is 37.2 Å². The van der Waals surface area contributed by atoms with Crippen LogP contribution < -0.4 is 10.0 Å². The number of thiazole rings is 1. The number of esters is 1. The van der Waals surface area contributed by atoms with Crippen molar-refractivity contribution >= 4 is 49.1 Å². The summed E-state index contributed by atoms with van der Waals surface area (Å²) in [7, 11) is -2.65. The van der Waals surface area contributed by atoms with Gasteiger partial charge >= 0.3 is 5.97 Å². The predicted molar refractivity (Wildman–Crippen MR) is 160 cm³/mol. The maximum Gasteiger partial charge on any atom is 0.305 e. The highest BCUT2D eigenvalue weighted by molar-refractivity contribution is 7.89. The summed E-state index contributed by atoms with van der Waals surface area (Å²) in [5.41, 5.74) is 2.40. The van der Waals surface area contributed by atoms with E-state index in [1.165, 1.54) is 18.4 Å². The van der Waals surface area contributed by atoms with E-state index < -0.39 is 16.1 Å². The Bertz CT molecular complexity index is 1490. The number of anilines is 1. The maximum absolute atomic E-state index is 13.9. The van der Waals surface area contributed by atoms with Crippen LogP contribution in [0.5, 0.6) is 0 Å². The van der Waals surface area contributed by atoms with Gasteiger partial charge in [0.25, 0.3) is 0 Å². The highest BCUT2D eigenvalue weighted by Crippen LogP contribution is 2.36. The average molecular weight is 599 g/mol. The highest BCUT2D eigenvalue weighted by atomic mass is 32.2. The van der Waals surface area contributed by atoms with Crippen LogP contribution in [0.25, 0.3) is 10.2 Å². The standard InChI is InChI=1S/C30H38N4O5S2/c1-30(2)18-21-7-6-10-25(28(21)31-19-30)41(37,38)33-23(17-26-32-22-8-4-5-9-24(22)40-26)29(36)34-15-13-20(14-16-34)11-12-27(35)39-3/h4-10,20,23,31,33H,11-19H2,1-3H3/t23-/m0/s1. The fourth-order valence-electron chi connectivity index (χ4n) is 5.75. The van der Waals surface area contributed by atoms with Gasteiger partial charge in [0, 0.05) is 32.5 Å². The minimum Gasteiger partial charge on any atom is -0.469 e. The normalized spacial score (nSPS) is 18.0. The number of likely N-dealkylation sites (tertiary alicyclic amines) is 1. The van der Waals surface area contributed by atoms with Crippen molar-refractivity contribution in [3.63, 3.8) is 0 Å². The van der Waals surface area contributed by atoms with E-state index in [2.05, 4.69) is 28.9 Å². The lowest BCUT2D eigenvalue weighted by atomic mass is 9.82. The van der Waals surface area contributed by atoms with Gasteiger partial charge in [-0.2, -0.15) is 4.72 Å². The van der Waals surface area contributed by atoms with E-state index in [0.717, 1.165) is 41.5 Å². The number of nitrogens with one attached hydrogen (secondary N) is 2. The van der Waals surface area contributed by atoms with Gasteiger partial charge in [0.1, 0.15) is 10.9 Å². The van der Waals surface area contributed by atoms with Gasteiger partial charge in [0.05, 0.1) is 28.0 Å². The lowest BCUT2D eigenvalue weighted by molar-refractivity contribution is -0.141. The number of nitrogens with zero attached hydrogens (tertiary/aromatic N) is 2. The molecule has 2 aliphatic rings. The van der Waals surface area contributed by atoms with Crippen LogP contribution >= 0.6 is 11.3 Å². The molecule has 0 aliphatic carbocycles. The van der Waals surface area contributed by atoms with Crippen LogP contribution in [0.1, 0.15) is 50.1 Å². The molecule has 2 N–H and O–H groups in total. The van der Waals surface area contributed by atoms with Crippen molar-refractivity contribution in [1.29, 1.82) is 0 Å². The van der Waals surface area contributed by atoms with Gasteiger partial charge in [0.2, 0.25) is 15.9 Å². The van der Waals surface area contributed by atoms with Crippen LogP contribution in [0.3, 0.4) is 0 Å². The summed E-state index contributed by atoms with van der Waals surface area (Å²) in [6, 6.07) is 12.1. The predicted octanol–water partition coefficient (Wildman–Crippen LogP) is 4.37. The molecule has 11 heteroatoms. The molecule has 0 bridgehead atoms. The molecule has 5 rings (SSSR count). The molecule has 1 aromatic heterocycles. The number of rotatable bonds is 9. The van der Waals surface area contributed by atoms with Crippen molar-refractivity contribution in [3.05, 3.63) is 53.0 Å². The summed E-state index contributed by atoms with van der Waals surface area (Å²) in [5.74, 6) is -0.156. The van der Waals surface area contributed by atoms with Crippen molar-refractivity contribution in [3.8, 4) is 0 Å². The molecule has 1 amide bonds. The Morgan fingerprint density at radius 2 is 1.93 bits per heavy atom. The molecule has 0 radical (unpaired) electrons. The quantitative estimate of drug-likeness (QED) is 0.351. The summed E-state index contributed by atoms with van der Waals surface area (Å²) in [5, 5.41) is 4.04. The molecule has 0 saturated carbocycles. The molecular weight excluding hydrogens is 560 g/mol. The van der Waals surface area contributed by atoms with E-state index in [0.29, 0.717) is 42.7 Å². The zero-order valence-electron chi connectivity index (χ0n) is 23.8. The van der Waals surface area contributed by atoms with E-state index in [1.54, 1.807) is 17.0 Å². The zero-order chi connectivity index (χ0) is 29.2. The van der Waals surface area contributed by atoms with E-state index in [4.69, 9.17) is 4.74 Å². The van der Waals surface area contributed by atoms with E-state index >= 15 is 0 Å². The number of fused-ring (bicyclic) bond motifs is 2. The van der Waals surface area contributed by atoms with Crippen molar-refractivity contribution in [2.45, 2.75) is 63.3 Å². The minimum absolute atomic E-state index is 0.0110. The second kappa shape index (κ2) is 12.1. The number of piperidine rings is 1. The first-order valence-corrected chi connectivity index (χ1v) is 16.4. The Morgan fingerprint density at radius 3 is 2.66 bits per heavy atom. The van der Waals surface area contributed by atoms with Crippen molar-refractivity contribution < 1.29 is 22.7 Å². The summed E-state index contributed by atoms with van der Waals surface area (Å²) in [6.45, 7) is 5.98. The average Bonchev–Trinajstić information content (AvgIpc) is 3.37. The largest absolute Gasteiger partial charge is 0.469 e. The zero-order valence-corrected chi connectivity index (χ0v) is 25.4. The SMILES string of the molecule is COC(=O)CCC1CCN(C(=O)[C@H](Cc2nc3ccccc3s2)NS(=O)(=O)c2cccc3c2NCC(C)(C)C3)CC1. The smallest absolute Gasteiger partial charge is 0.305 e. The van der Waals surface area contributed by atoms with Crippen molar-refractivity contribution in [1.82, 2.24) is 14.6 Å². The van der Waals surface area contributed by atoms with Gasteiger partial charge in [-0.1, -0.05) is 38.1 Å². The number of amides is 1. The fourth-order valence-corrected chi connectivity index (χ4v) is 8.18. The van der Waals surface area contributed by atoms with Gasteiger partial charge in [-0.3, -0.25) is 9.59 Å². The molecule has 9 nitrogen and oxygen atoms in total. The lowest BCUT2D eigenvalue weighted by Crippen LogP contribution is -2.51. The molecule has 3 heterocycles. The van der Waals surface area contributed by atoms with Crippen molar-refractivity contribution in [2.24, 2.45) is 11.3 Å². The number of aromatic nitrogens is 1. The molecule has 1 saturated heterocycles. The number of para-hydroxylation sites is 2. The van der Waals surface area contributed by atoms with Crippen molar-refractivity contribution in [2.75, 3.05) is 32.1 Å².